The van der Waals surface area contributed by atoms with Crippen molar-refractivity contribution in [2.24, 2.45) is 0 Å². The van der Waals surface area contributed by atoms with Crippen LogP contribution >= 0.6 is 0 Å². The molecule has 0 amide bonds. The molecule has 2 rings (SSSR count). The van der Waals surface area contributed by atoms with Crippen molar-refractivity contribution in [2.75, 3.05) is 13.1 Å². The van der Waals surface area contributed by atoms with Gasteiger partial charge in [-0.1, -0.05) is 91.4 Å². The molecule has 0 fully saturated rings. The van der Waals surface area contributed by atoms with Gasteiger partial charge in [-0.05, 0) is 13.1 Å². The summed E-state index contributed by atoms with van der Waals surface area (Å²) in [6.07, 6.45) is 0. The lowest BCUT2D eigenvalue weighted by Crippen LogP contribution is -2.38. The Hall–Kier alpha value is -1.38. The highest BCUT2D eigenvalue weighted by Gasteiger charge is 2.07. The molecular formula is C17H25NSi. The third-order valence-corrected chi connectivity index (χ3v) is 5.87. The van der Waals surface area contributed by atoms with E-state index in [2.05, 4.69) is 86.4 Å². The lowest BCUT2D eigenvalue weighted by Gasteiger charge is -2.09. The van der Waals surface area contributed by atoms with Crippen LogP contribution in [0.4, 0.5) is 0 Å². The Balaban J connectivity index is 0.000000312. The van der Waals surface area contributed by atoms with Crippen molar-refractivity contribution in [3.8, 4) is 0 Å². The minimum Gasteiger partial charge on any atom is -0.317 e. The van der Waals surface area contributed by atoms with E-state index < -0.39 is 8.80 Å². The van der Waals surface area contributed by atoms with E-state index in [1.807, 2.05) is 0 Å². The largest absolute Gasteiger partial charge is 0.317 e. The molecule has 1 nitrogen and oxygen atoms in total. The molecule has 0 bridgehead atoms. The Morgan fingerprint density at radius 1 is 0.737 bits per heavy atom. The topological polar surface area (TPSA) is 12.0 Å². The minimum absolute atomic E-state index is 0.919. The summed E-state index contributed by atoms with van der Waals surface area (Å²) in [5.41, 5.74) is 0. The Morgan fingerprint density at radius 2 is 1.11 bits per heavy atom. The van der Waals surface area contributed by atoms with Gasteiger partial charge < -0.3 is 5.32 Å². The van der Waals surface area contributed by atoms with Crippen LogP contribution in [0, 0.1) is 0 Å². The van der Waals surface area contributed by atoms with Crippen LogP contribution in [0.1, 0.15) is 13.8 Å². The quantitative estimate of drug-likeness (QED) is 0.841. The Labute approximate surface area is 119 Å². The summed E-state index contributed by atoms with van der Waals surface area (Å²) in [7, 11) is -0.919. The van der Waals surface area contributed by atoms with Gasteiger partial charge in [-0.3, -0.25) is 0 Å². The minimum atomic E-state index is -0.919. The summed E-state index contributed by atoms with van der Waals surface area (Å²) >= 11 is 0. The first-order chi connectivity index (χ1) is 9.29. The van der Waals surface area contributed by atoms with Crippen LogP contribution in [0.25, 0.3) is 0 Å². The van der Waals surface area contributed by atoms with Crippen molar-refractivity contribution < 1.29 is 0 Å². The zero-order valence-electron chi connectivity index (χ0n) is 12.3. The maximum atomic E-state index is 3.11. The number of hydrogen-bond donors (Lipinski definition) is 1. The van der Waals surface area contributed by atoms with Gasteiger partial charge in [-0.25, -0.2) is 0 Å². The van der Waals surface area contributed by atoms with Crippen molar-refractivity contribution in [3.63, 3.8) is 0 Å². The molecule has 2 aromatic carbocycles. The molecule has 0 saturated carbocycles. The summed E-state index contributed by atoms with van der Waals surface area (Å²) in [6, 6.07) is 21.6. The molecule has 0 aliphatic rings. The highest BCUT2D eigenvalue weighted by Crippen LogP contribution is 1.91. The van der Waals surface area contributed by atoms with Gasteiger partial charge >= 0.3 is 0 Å². The molecular weight excluding hydrogens is 246 g/mol. The summed E-state index contributed by atoms with van der Waals surface area (Å²) in [5.74, 6) is 0. The van der Waals surface area contributed by atoms with Gasteiger partial charge in [0.1, 0.15) is 0 Å². The Bertz CT molecular complexity index is 386. The van der Waals surface area contributed by atoms with Gasteiger partial charge in [0.15, 0.2) is 0 Å². The van der Waals surface area contributed by atoms with Crippen LogP contribution in [0.3, 0.4) is 0 Å². The third-order valence-electron chi connectivity index (χ3n) is 3.10. The molecule has 1 N–H and O–H groups in total. The Kier molecular flexibility index (Phi) is 7.87. The van der Waals surface area contributed by atoms with Gasteiger partial charge in [0.2, 0.25) is 0 Å². The summed E-state index contributed by atoms with van der Waals surface area (Å²) in [5, 5.41) is 6.14. The molecule has 2 aromatic rings. The number of rotatable bonds is 4. The average molecular weight is 271 g/mol. The van der Waals surface area contributed by atoms with Gasteiger partial charge in [0, 0.05) is 0 Å². The van der Waals surface area contributed by atoms with E-state index in [4.69, 9.17) is 0 Å². The fourth-order valence-electron chi connectivity index (χ4n) is 1.93. The predicted octanol–water partition coefficient (Wildman–Crippen LogP) is 2.27. The monoisotopic (exact) mass is 271 g/mol. The highest BCUT2D eigenvalue weighted by molar-refractivity contribution is 6.84. The normalized spacial score (nSPS) is 9.89. The zero-order chi connectivity index (χ0) is 13.9. The van der Waals surface area contributed by atoms with Crippen molar-refractivity contribution in [2.45, 2.75) is 20.4 Å². The van der Waals surface area contributed by atoms with E-state index in [-0.39, 0.29) is 0 Å². The van der Waals surface area contributed by atoms with Crippen molar-refractivity contribution >= 4 is 19.2 Å². The van der Waals surface area contributed by atoms with E-state index in [0.717, 1.165) is 13.1 Å². The molecule has 0 atom stereocenters. The number of nitrogens with one attached hydrogen (secondary N) is 1. The van der Waals surface area contributed by atoms with E-state index in [0.29, 0.717) is 0 Å². The standard InChI is InChI=1S/C13H14Si.C4H11N/c1-14(12-8-4-2-5-9-12)13-10-6-3-7-11-13;1-3-5-4-2/h2-11,14H,1H3;5H,3-4H2,1-2H3. The molecule has 2 heteroatoms. The zero-order valence-corrected chi connectivity index (χ0v) is 13.4. The van der Waals surface area contributed by atoms with Crippen LogP contribution in [0.2, 0.25) is 6.55 Å². The van der Waals surface area contributed by atoms with Crippen molar-refractivity contribution in [1.29, 1.82) is 0 Å². The maximum Gasteiger partial charge on any atom is 0.0997 e. The van der Waals surface area contributed by atoms with Gasteiger partial charge in [0.05, 0.1) is 8.80 Å². The van der Waals surface area contributed by atoms with Gasteiger partial charge in [0.25, 0.3) is 0 Å². The van der Waals surface area contributed by atoms with Crippen molar-refractivity contribution in [1.82, 2.24) is 5.32 Å². The maximum absolute atomic E-state index is 3.11. The van der Waals surface area contributed by atoms with Crippen LogP contribution in [-0.4, -0.2) is 21.9 Å². The average Bonchev–Trinajstić information content (AvgIpc) is 2.50. The summed E-state index contributed by atoms with van der Waals surface area (Å²) < 4.78 is 0. The lowest BCUT2D eigenvalue weighted by atomic mass is 10.4. The van der Waals surface area contributed by atoms with Crippen LogP contribution in [-0.2, 0) is 0 Å². The second kappa shape index (κ2) is 9.53. The van der Waals surface area contributed by atoms with E-state index in [1.165, 1.54) is 10.4 Å². The Morgan fingerprint density at radius 3 is 1.37 bits per heavy atom. The highest BCUT2D eigenvalue weighted by atomic mass is 28.3. The second-order valence-electron chi connectivity index (χ2n) is 4.50. The molecule has 0 aromatic heterocycles. The molecule has 0 heterocycles. The van der Waals surface area contributed by atoms with E-state index in [9.17, 15) is 0 Å². The first-order valence-electron chi connectivity index (χ1n) is 7.10. The fourth-order valence-corrected chi connectivity index (χ4v) is 3.91. The molecule has 19 heavy (non-hydrogen) atoms. The summed E-state index contributed by atoms with van der Waals surface area (Å²) in [4.78, 5) is 0. The SMILES string of the molecule is CCNCC.C[SiH](c1ccccc1)c1ccccc1. The van der Waals surface area contributed by atoms with Gasteiger partial charge in [-0.2, -0.15) is 0 Å². The molecule has 0 unspecified atom stereocenters. The molecule has 0 radical (unpaired) electrons. The molecule has 102 valence electrons. The smallest absolute Gasteiger partial charge is 0.0997 e. The van der Waals surface area contributed by atoms with Crippen LogP contribution in [0.5, 0.6) is 0 Å². The molecule has 0 aliphatic carbocycles. The van der Waals surface area contributed by atoms with Crippen molar-refractivity contribution in [3.05, 3.63) is 60.7 Å². The van der Waals surface area contributed by atoms with E-state index in [1.54, 1.807) is 0 Å². The first-order valence-corrected chi connectivity index (χ1v) is 9.41. The lowest BCUT2D eigenvalue weighted by molar-refractivity contribution is 0.762. The third kappa shape index (κ3) is 5.86. The van der Waals surface area contributed by atoms with Crippen LogP contribution in [0.15, 0.2) is 60.7 Å². The van der Waals surface area contributed by atoms with Crippen LogP contribution < -0.4 is 15.7 Å². The second-order valence-corrected chi connectivity index (χ2v) is 7.28. The summed E-state index contributed by atoms with van der Waals surface area (Å²) in [6.45, 7) is 8.77. The fraction of sp³-hybridized carbons (Fsp3) is 0.294. The molecule has 0 saturated heterocycles. The number of hydrogen-bond acceptors (Lipinski definition) is 1. The molecule has 0 spiro atoms. The van der Waals surface area contributed by atoms with Gasteiger partial charge in [-0.15, -0.1) is 0 Å². The predicted molar refractivity (Wildman–Crippen MR) is 89.4 cm³/mol. The van der Waals surface area contributed by atoms with E-state index >= 15 is 0 Å². The molecule has 0 aliphatic heterocycles. The number of benzene rings is 2. The first kappa shape index (κ1) is 15.7.